The van der Waals surface area contributed by atoms with Gasteiger partial charge in [0.05, 0.1) is 34.3 Å². The van der Waals surface area contributed by atoms with E-state index in [0.29, 0.717) is 39.2 Å². The van der Waals surface area contributed by atoms with E-state index in [1.54, 1.807) is 24.3 Å². The van der Waals surface area contributed by atoms with Gasteiger partial charge in [0.25, 0.3) is 5.91 Å². The number of nitrogens with two attached hydrogens (primary N) is 1. The number of hydrogen-bond donors (Lipinski definition) is 1. The number of likely N-dealkylation sites (tertiary alicyclic amines) is 1. The van der Waals surface area contributed by atoms with Crippen LogP contribution < -0.4 is 5.73 Å². The van der Waals surface area contributed by atoms with Crippen molar-refractivity contribution in [2.75, 3.05) is 13.1 Å². The Bertz CT molecular complexity index is 1460. The van der Waals surface area contributed by atoms with Gasteiger partial charge in [-0.05, 0) is 66.1 Å². The standard InChI is InChI=1S/C25H21F6N5OS/c26-24(27,28)17-5-4-15(19(10-17)25(29,30)31)12-36-20-6-3-14(8-16(20)11-33-36)9-21-22(37)34-23(38-21)35-7-1-2-18(32)13-35/h3-6,8-11,18H,1-2,7,12-13,32H2/b21-9+/t18-/m0/s1. The molecular weight excluding hydrogens is 532 g/mol. The number of carbonyl (C=O) groups is 1. The van der Waals surface area contributed by atoms with Crippen LogP contribution in [-0.4, -0.2) is 44.9 Å². The number of hydrogen-bond acceptors (Lipinski definition) is 5. The average Bonchev–Trinajstić information content (AvgIpc) is 3.41. The fraction of sp³-hybridized carbons (Fsp3) is 0.320. The van der Waals surface area contributed by atoms with Gasteiger partial charge in [0, 0.05) is 24.5 Å². The molecule has 0 unspecified atom stereocenters. The predicted molar refractivity (Wildman–Crippen MR) is 132 cm³/mol. The number of nitrogens with zero attached hydrogens (tertiary/aromatic N) is 4. The van der Waals surface area contributed by atoms with Gasteiger partial charge in [-0.15, -0.1) is 0 Å². The molecule has 200 valence electrons. The van der Waals surface area contributed by atoms with Crippen LogP contribution in [0.1, 0.15) is 35.1 Å². The van der Waals surface area contributed by atoms with Crippen molar-refractivity contribution in [1.29, 1.82) is 0 Å². The highest BCUT2D eigenvalue weighted by Gasteiger charge is 2.38. The van der Waals surface area contributed by atoms with E-state index in [0.717, 1.165) is 25.5 Å². The lowest BCUT2D eigenvalue weighted by Gasteiger charge is -2.31. The van der Waals surface area contributed by atoms with Crippen LogP contribution in [0.3, 0.4) is 0 Å². The lowest BCUT2D eigenvalue weighted by atomic mass is 10.0. The van der Waals surface area contributed by atoms with E-state index in [2.05, 4.69) is 10.1 Å². The fourth-order valence-electron chi connectivity index (χ4n) is 4.51. The summed E-state index contributed by atoms with van der Waals surface area (Å²) in [5, 5.41) is 5.36. The Hall–Kier alpha value is -3.32. The van der Waals surface area contributed by atoms with E-state index in [-0.39, 0.29) is 30.1 Å². The van der Waals surface area contributed by atoms with Crippen molar-refractivity contribution in [3.63, 3.8) is 0 Å². The normalized spacial score (nSPS) is 20.0. The van der Waals surface area contributed by atoms with Gasteiger partial charge in [0.15, 0.2) is 5.17 Å². The van der Waals surface area contributed by atoms with Crippen molar-refractivity contribution >= 4 is 39.8 Å². The molecule has 1 aromatic heterocycles. The SMILES string of the molecule is N[C@H]1CCCN(C2=NC(=O)/C(=C\c3ccc4c(cnn4Cc4ccc(C(F)(F)F)cc4C(F)(F)F)c3)S2)C1. The zero-order chi connectivity index (χ0) is 27.2. The van der Waals surface area contributed by atoms with E-state index in [1.807, 2.05) is 4.90 Å². The topological polar surface area (TPSA) is 76.5 Å². The molecule has 2 aliphatic rings. The summed E-state index contributed by atoms with van der Waals surface area (Å²) in [5.74, 6) is -0.359. The quantitative estimate of drug-likeness (QED) is 0.342. The lowest BCUT2D eigenvalue weighted by Crippen LogP contribution is -2.44. The summed E-state index contributed by atoms with van der Waals surface area (Å²) >= 11 is 1.27. The van der Waals surface area contributed by atoms with Crippen LogP contribution in [0.15, 0.2) is 52.5 Å². The molecule has 0 bridgehead atoms. The molecule has 0 aliphatic carbocycles. The highest BCUT2D eigenvalue weighted by Crippen LogP contribution is 2.38. The summed E-state index contributed by atoms with van der Waals surface area (Å²) in [7, 11) is 0. The minimum Gasteiger partial charge on any atom is -0.349 e. The molecule has 1 amide bonds. The number of fused-ring (bicyclic) bond motifs is 1. The summed E-state index contributed by atoms with van der Waals surface area (Å²) < 4.78 is 80.9. The first kappa shape index (κ1) is 26.3. The third kappa shape index (κ3) is 5.44. The van der Waals surface area contributed by atoms with Gasteiger partial charge in [-0.2, -0.15) is 36.4 Å². The number of piperidine rings is 1. The molecule has 0 radical (unpaired) electrons. The van der Waals surface area contributed by atoms with Crippen molar-refractivity contribution in [3.8, 4) is 0 Å². The number of halogens is 6. The maximum absolute atomic E-state index is 13.6. The fourth-order valence-corrected chi connectivity index (χ4v) is 5.45. The zero-order valence-corrected chi connectivity index (χ0v) is 20.5. The van der Waals surface area contributed by atoms with Crippen molar-refractivity contribution in [2.24, 2.45) is 10.7 Å². The summed E-state index contributed by atoms with van der Waals surface area (Å²) in [6, 6.07) is 6.67. The molecular formula is C25H21F6N5OS. The van der Waals surface area contributed by atoms with Gasteiger partial charge in [-0.3, -0.25) is 9.48 Å². The number of carbonyl (C=O) groups excluding carboxylic acids is 1. The first-order valence-electron chi connectivity index (χ1n) is 11.6. The first-order chi connectivity index (χ1) is 17.9. The Morgan fingerprint density at radius 1 is 1.08 bits per heavy atom. The summed E-state index contributed by atoms with van der Waals surface area (Å²) in [6.07, 6.45) is -4.88. The molecule has 5 rings (SSSR count). The second kappa shape index (κ2) is 9.77. The number of thioether (sulfide) groups is 1. The van der Waals surface area contributed by atoms with Crippen LogP contribution in [0, 0.1) is 0 Å². The van der Waals surface area contributed by atoms with E-state index in [1.165, 1.54) is 22.6 Å². The monoisotopic (exact) mass is 553 g/mol. The molecule has 0 spiro atoms. The van der Waals surface area contributed by atoms with E-state index in [4.69, 9.17) is 5.73 Å². The van der Waals surface area contributed by atoms with Gasteiger partial charge >= 0.3 is 12.4 Å². The number of amides is 1. The Kier molecular flexibility index (Phi) is 6.76. The van der Waals surface area contributed by atoms with Crippen molar-refractivity contribution in [1.82, 2.24) is 14.7 Å². The minimum absolute atomic E-state index is 0.0314. The Morgan fingerprint density at radius 3 is 2.58 bits per heavy atom. The van der Waals surface area contributed by atoms with Gasteiger partial charge < -0.3 is 10.6 Å². The van der Waals surface area contributed by atoms with Crippen molar-refractivity contribution in [3.05, 3.63) is 69.8 Å². The largest absolute Gasteiger partial charge is 0.416 e. The molecule has 2 N–H and O–H groups in total. The number of amidine groups is 1. The van der Waals surface area contributed by atoms with Crippen LogP contribution in [-0.2, 0) is 23.7 Å². The number of rotatable bonds is 3. The summed E-state index contributed by atoms with van der Waals surface area (Å²) in [4.78, 5) is 19.1. The Labute approximate surface area is 217 Å². The smallest absolute Gasteiger partial charge is 0.349 e. The maximum Gasteiger partial charge on any atom is 0.416 e. The molecule has 1 fully saturated rings. The molecule has 0 saturated carbocycles. The number of alkyl halides is 6. The van der Waals surface area contributed by atoms with E-state index in [9.17, 15) is 31.1 Å². The molecule has 2 aromatic carbocycles. The van der Waals surface area contributed by atoms with Gasteiger partial charge in [-0.1, -0.05) is 12.1 Å². The molecule has 3 heterocycles. The molecule has 13 heteroatoms. The van der Waals surface area contributed by atoms with Crippen LogP contribution >= 0.6 is 11.8 Å². The molecule has 38 heavy (non-hydrogen) atoms. The number of aromatic nitrogens is 2. The number of aliphatic imine (C=N–C) groups is 1. The maximum atomic E-state index is 13.6. The average molecular weight is 554 g/mol. The lowest BCUT2D eigenvalue weighted by molar-refractivity contribution is -0.143. The molecule has 2 aliphatic heterocycles. The van der Waals surface area contributed by atoms with E-state index < -0.39 is 23.5 Å². The second-order valence-corrected chi connectivity index (χ2v) is 10.2. The highest BCUT2D eigenvalue weighted by atomic mass is 32.2. The van der Waals surface area contributed by atoms with Crippen molar-refractivity contribution < 1.29 is 31.1 Å². The van der Waals surface area contributed by atoms with Crippen LogP contribution in [0.5, 0.6) is 0 Å². The predicted octanol–water partition coefficient (Wildman–Crippen LogP) is 5.52. The summed E-state index contributed by atoms with van der Waals surface area (Å²) in [6.45, 7) is 1.03. The van der Waals surface area contributed by atoms with Crippen LogP contribution in [0.25, 0.3) is 17.0 Å². The Morgan fingerprint density at radius 2 is 1.87 bits per heavy atom. The number of benzene rings is 2. The van der Waals surface area contributed by atoms with Crippen LogP contribution in [0.4, 0.5) is 26.3 Å². The summed E-state index contributed by atoms with van der Waals surface area (Å²) in [5.41, 5.74) is 4.12. The second-order valence-electron chi connectivity index (χ2n) is 9.15. The zero-order valence-electron chi connectivity index (χ0n) is 19.7. The van der Waals surface area contributed by atoms with E-state index >= 15 is 0 Å². The third-order valence-corrected chi connectivity index (χ3v) is 7.41. The first-order valence-corrected chi connectivity index (χ1v) is 12.5. The molecule has 1 saturated heterocycles. The van der Waals surface area contributed by atoms with Gasteiger partial charge in [0.1, 0.15) is 0 Å². The third-order valence-electron chi connectivity index (χ3n) is 6.36. The molecule has 3 aromatic rings. The van der Waals surface area contributed by atoms with Gasteiger partial charge in [0.2, 0.25) is 0 Å². The minimum atomic E-state index is -4.97. The highest BCUT2D eigenvalue weighted by molar-refractivity contribution is 8.18. The Balaban J connectivity index is 1.38. The molecule has 1 atom stereocenters. The van der Waals surface area contributed by atoms with Gasteiger partial charge in [-0.25, -0.2) is 0 Å². The van der Waals surface area contributed by atoms with Crippen LogP contribution in [0.2, 0.25) is 0 Å². The van der Waals surface area contributed by atoms with Crippen molar-refractivity contribution in [2.45, 2.75) is 37.8 Å². The molecule has 6 nitrogen and oxygen atoms in total.